The Morgan fingerprint density at radius 3 is 2.76 bits per heavy atom. The summed E-state index contributed by atoms with van der Waals surface area (Å²) in [6.07, 6.45) is 1.39. The van der Waals surface area contributed by atoms with E-state index in [0.717, 1.165) is 19.6 Å². The smallest absolute Gasteiger partial charge is 0.160 e. The van der Waals surface area contributed by atoms with E-state index < -0.39 is 0 Å². The SMILES string of the molecule is Fc1cc(Br)cc(OCCC2OCCCO2)c1. The van der Waals surface area contributed by atoms with Crippen LogP contribution < -0.4 is 4.74 Å². The molecule has 0 radical (unpaired) electrons. The van der Waals surface area contributed by atoms with Crippen molar-refractivity contribution in [1.82, 2.24) is 0 Å². The normalized spacial score (nSPS) is 17.1. The zero-order chi connectivity index (χ0) is 12.1. The lowest BCUT2D eigenvalue weighted by molar-refractivity contribution is -0.183. The third-order valence-electron chi connectivity index (χ3n) is 2.35. The summed E-state index contributed by atoms with van der Waals surface area (Å²) in [5, 5.41) is 0. The van der Waals surface area contributed by atoms with E-state index in [9.17, 15) is 4.39 Å². The highest BCUT2D eigenvalue weighted by Crippen LogP contribution is 2.21. The van der Waals surface area contributed by atoms with Crippen LogP contribution in [0.5, 0.6) is 5.75 Å². The Balaban J connectivity index is 1.77. The second-order valence-corrected chi connectivity index (χ2v) is 4.68. The molecule has 1 heterocycles. The highest BCUT2D eigenvalue weighted by molar-refractivity contribution is 9.10. The number of hydrogen-bond acceptors (Lipinski definition) is 3. The Hall–Kier alpha value is -0.650. The van der Waals surface area contributed by atoms with Gasteiger partial charge in [-0.15, -0.1) is 0 Å². The first-order valence-electron chi connectivity index (χ1n) is 5.56. The summed E-state index contributed by atoms with van der Waals surface area (Å²) in [6.45, 7) is 1.91. The zero-order valence-corrected chi connectivity index (χ0v) is 10.9. The molecule has 0 N–H and O–H groups in total. The molecule has 0 bridgehead atoms. The molecule has 3 nitrogen and oxygen atoms in total. The Bertz CT molecular complexity index is 347. The minimum absolute atomic E-state index is 0.194. The zero-order valence-electron chi connectivity index (χ0n) is 9.33. The highest BCUT2D eigenvalue weighted by atomic mass is 79.9. The van der Waals surface area contributed by atoms with Gasteiger partial charge in [-0.3, -0.25) is 0 Å². The maximum Gasteiger partial charge on any atom is 0.160 e. The molecule has 1 fully saturated rings. The molecule has 1 saturated heterocycles. The molecule has 0 aliphatic carbocycles. The lowest BCUT2D eigenvalue weighted by atomic mass is 10.3. The van der Waals surface area contributed by atoms with Gasteiger partial charge in [-0.2, -0.15) is 0 Å². The van der Waals surface area contributed by atoms with Crippen molar-refractivity contribution in [2.75, 3.05) is 19.8 Å². The third kappa shape index (κ3) is 4.26. The van der Waals surface area contributed by atoms with Gasteiger partial charge in [0.15, 0.2) is 6.29 Å². The lowest BCUT2D eigenvalue weighted by Crippen LogP contribution is -2.26. The summed E-state index contributed by atoms with van der Waals surface area (Å²) >= 11 is 3.21. The molecule has 0 spiro atoms. The number of benzene rings is 1. The Morgan fingerprint density at radius 2 is 2.06 bits per heavy atom. The van der Waals surface area contributed by atoms with Crippen LogP contribution in [-0.2, 0) is 9.47 Å². The van der Waals surface area contributed by atoms with E-state index in [4.69, 9.17) is 14.2 Å². The van der Waals surface area contributed by atoms with Gasteiger partial charge in [0, 0.05) is 17.0 Å². The molecule has 2 rings (SSSR count). The molecule has 0 unspecified atom stereocenters. The van der Waals surface area contributed by atoms with E-state index in [-0.39, 0.29) is 12.1 Å². The first-order chi connectivity index (χ1) is 8.24. The van der Waals surface area contributed by atoms with Crippen LogP contribution in [0.25, 0.3) is 0 Å². The topological polar surface area (TPSA) is 27.7 Å². The fourth-order valence-electron chi connectivity index (χ4n) is 1.59. The van der Waals surface area contributed by atoms with E-state index >= 15 is 0 Å². The standard InChI is InChI=1S/C12H14BrFO3/c13-9-6-10(14)8-11(7-9)15-5-2-12-16-3-1-4-17-12/h6-8,12H,1-5H2. The van der Waals surface area contributed by atoms with Crippen molar-refractivity contribution in [3.63, 3.8) is 0 Å². The van der Waals surface area contributed by atoms with Crippen LogP contribution in [0.15, 0.2) is 22.7 Å². The fraction of sp³-hybridized carbons (Fsp3) is 0.500. The summed E-state index contributed by atoms with van der Waals surface area (Å²) in [4.78, 5) is 0. The van der Waals surface area contributed by atoms with E-state index in [1.165, 1.54) is 12.1 Å². The van der Waals surface area contributed by atoms with Crippen LogP contribution in [0, 0.1) is 5.82 Å². The Morgan fingerprint density at radius 1 is 1.29 bits per heavy atom. The van der Waals surface area contributed by atoms with E-state index in [2.05, 4.69) is 15.9 Å². The molecule has 5 heteroatoms. The van der Waals surface area contributed by atoms with Gasteiger partial charge in [0.1, 0.15) is 11.6 Å². The predicted molar refractivity (Wildman–Crippen MR) is 64.5 cm³/mol. The molecule has 0 atom stereocenters. The van der Waals surface area contributed by atoms with Crippen molar-refractivity contribution in [3.8, 4) is 5.75 Å². The first kappa shape index (κ1) is 12.8. The average Bonchev–Trinajstić information content (AvgIpc) is 2.29. The van der Waals surface area contributed by atoms with Crippen molar-refractivity contribution < 1.29 is 18.6 Å². The first-order valence-corrected chi connectivity index (χ1v) is 6.35. The van der Waals surface area contributed by atoms with Gasteiger partial charge in [0.25, 0.3) is 0 Å². The number of halogens is 2. The molecule has 1 aromatic rings. The van der Waals surface area contributed by atoms with Crippen molar-refractivity contribution in [1.29, 1.82) is 0 Å². The Kier molecular flexibility index (Phi) is 4.76. The van der Waals surface area contributed by atoms with Crippen molar-refractivity contribution in [2.24, 2.45) is 0 Å². The van der Waals surface area contributed by atoms with E-state index in [0.29, 0.717) is 23.2 Å². The highest BCUT2D eigenvalue weighted by Gasteiger charge is 2.13. The van der Waals surface area contributed by atoms with Crippen LogP contribution in [0.3, 0.4) is 0 Å². The van der Waals surface area contributed by atoms with Crippen molar-refractivity contribution >= 4 is 15.9 Å². The number of hydrogen-bond donors (Lipinski definition) is 0. The fourth-order valence-corrected chi connectivity index (χ4v) is 2.03. The van der Waals surface area contributed by atoms with Crippen LogP contribution in [0.4, 0.5) is 4.39 Å². The molecule has 0 saturated carbocycles. The molecule has 0 amide bonds. The quantitative estimate of drug-likeness (QED) is 0.855. The van der Waals surface area contributed by atoms with E-state index in [1.807, 2.05) is 0 Å². The second kappa shape index (κ2) is 6.33. The molecular formula is C12H14BrFO3. The molecule has 17 heavy (non-hydrogen) atoms. The molecule has 1 aliphatic heterocycles. The number of rotatable bonds is 4. The lowest BCUT2D eigenvalue weighted by Gasteiger charge is -2.23. The summed E-state index contributed by atoms with van der Waals surface area (Å²) in [7, 11) is 0. The average molecular weight is 305 g/mol. The second-order valence-electron chi connectivity index (χ2n) is 3.77. The Labute approximate surface area is 108 Å². The molecule has 94 valence electrons. The van der Waals surface area contributed by atoms with Crippen LogP contribution >= 0.6 is 15.9 Å². The maximum absolute atomic E-state index is 13.1. The van der Waals surface area contributed by atoms with Crippen molar-refractivity contribution in [2.45, 2.75) is 19.1 Å². The maximum atomic E-state index is 13.1. The number of ether oxygens (including phenoxy) is 3. The summed E-state index contributed by atoms with van der Waals surface area (Å²) in [6, 6.07) is 4.47. The van der Waals surface area contributed by atoms with Gasteiger partial charge in [-0.25, -0.2) is 4.39 Å². The van der Waals surface area contributed by atoms with Gasteiger partial charge in [0.2, 0.25) is 0 Å². The largest absolute Gasteiger partial charge is 0.493 e. The summed E-state index contributed by atoms with van der Waals surface area (Å²) in [5.41, 5.74) is 0. The molecule has 0 aromatic heterocycles. The summed E-state index contributed by atoms with van der Waals surface area (Å²) < 4.78 is 29.9. The van der Waals surface area contributed by atoms with Gasteiger partial charge in [-0.1, -0.05) is 15.9 Å². The monoisotopic (exact) mass is 304 g/mol. The van der Waals surface area contributed by atoms with Gasteiger partial charge < -0.3 is 14.2 Å². The summed E-state index contributed by atoms with van der Waals surface area (Å²) in [5.74, 6) is 0.187. The minimum atomic E-state index is -0.320. The van der Waals surface area contributed by atoms with E-state index in [1.54, 1.807) is 6.07 Å². The molecule has 1 aliphatic rings. The van der Waals surface area contributed by atoms with Gasteiger partial charge in [0.05, 0.1) is 19.8 Å². The van der Waals surface area contributed by atoms with Gasteiger partial charge >= 0.3 is 0 Å². The van der Waals surface area contributed by atoms with Crippen LogP contribution in [0.1, 0.15) is 12.8 Å². The van der Waals surface area contributed by atoms with Crippen molar-refractivity contribution in [3.05, 3.63) is 28.5 Å². The molecule has 1 aromatic carbocycles. The minimum Gasteiger partial charge on any atom is -0.493 e. The third-order valence-corrected chi connectivity index (χ3v) is 2.81. The predicted octanol–water partition coefficient (Wildman–Crippen LogP) is 3.12. The van der Waals surface area contributed by atoms with Crippen LogP contribution in [-0.4, -0.2) is 26.1 Å². The molecular weight excluding hydrogens is 291 g/mol. The van der Waals surface area contributed by atoms with Crippen LogP contribution in [0.2, 0.25) is 0 Å². The van der Waals surface area contributed by atoms with Gasteiger partial charge in [-0.05, 0) is 18.6 Å².